The molecule has 1 unspecified atom stereocenters. The lowest BCUT2D eigenvalue weighted by atomic mass is 10.2. The van der Waals surface area contributed by atoms with Crippen LogP contribution in [0.15, 0.2) is 18.3 Å². The van der Waals surface area contributed by atoms with E-state index in [0.717, 1.165) is 0 Å². The van der Waals surface area contributed by atoms with Crippen molar-refractivity contribution in [2.75, 3.05) is 30.5 Å². The molecule has 1 fully saturated rings. The Morgan fingerprint density at radius 3 is 2.79 bits per heavy atom. The molecular weight excluding hydrogens is 266 g/mol. The first-order valence-corrected chi connectivity index (χ1v) is 7.85. The van der Waals surface area contributed by atoms with Crippen LogP contribution in [0.25, 0.3) is 0 Å². The molecule has 0 radical (unpaired) electrons. The van der Waals surface area contributed by atoms with Crippen LogP contribution in [0.1, 0.15) is 16.8 Å². The van der Waals surface area contributed by atoms with Crippen LogP contribution >= 0.6 is 0 Å². The van der Waals surface area contributed by atoms with Crippen LogP contribution in [-0.4, -0.2) is 51.0 Å². The Morgan fingerprint density at radius 1 is 1.47 bits per heavy atom. The summed E-state index contributed by atoms with van der Waals surface area (Å²) >= 11 is 0. The first-order valence-electron chi connectivity index (χ1n) is 6.03. The van der Waals surface area contributed by atoms with Crippen LogP contribution in [0, 0.1) is 0 Å². The third-order valence-electron chi connectivity index (χ3n) is 3.02. The Kier molecular flexibility index (Phi) is 3.75. The van der Waals surface area contributed by atoms with Crippen LogP contribution in [0.3, 0.4) is 0 Å². The van der Waals surface area contributed by atoms with Gasteiger partial charge in [0.1, 0.15) is 5.82 Å². The van der Waals surface area contributed by atoms with Crippen molar-refractivity contribution in [2.45, 2.75) is 12.5 Å². The lowest BCUT2D eigenvalue weighted by Crippen LogP contribution is -2.36. The fraction of sp³-hybridized carbons (Fsp3) is 0.500. The first-order chi connectivity index (χ1) is 8.89. The molecule has 0 bridgehead atoms. The maximum atomic E-state index is 12.2. The van der Waals surface area contributed by atoms with Gasteiger partial charge >= 0.3 is 0 Å². The van der Waals surface area contributed by atoms with Crippen molar-refractivity contribution in [3.05, 3.63) is 23.9 Å². The van der Waals surface area contributed by atoms with Gasteiger partial charge in [-0.15, -0.1) is 0 Å². The molecule has 6 nitrogen and oxygen atoms in total. The van der Waals surface area contributed by atoms with Crippen molar-refractivity contribution in [1.29, 1.82) is 0 Å². The van der Waals surface area contributed by atoms with Gasteiger partial charge in [-0.05, 0) is 18.6 Å². The van der Waals surface area contributed by atoms with E-state index in [1.807, 2.05) is 0 Å². The number of carbonyl (C=O) groups is 1. The third-order valence-corrected chi connectivity index (χ3v) is 4.79. The molecule has 1 aliphatic heterocycles. The highest BCUT2D eigenvalue weighted by Gasteiger charge is 2.29. The molecule has 1 amide bonds. The molecule has 0 aromatic carbocycles. The number of carbonyl (C=O) groups excluding carboxylic acids is 1. The molecule has 0 saturated carbocycles. The van der Waals surface area contributed by atoms with Gasteiger partial charge in [0.25, 0.3) is 5.91 Å². The van der Waals surface area contributed by atoms with Gasteiger partial charge in [-0.25, -0.2) is 13.4 Å². The molecule has 1 N–H and O–H groups in total. The van der Waals surface area contributed by atoms with Crippen LogP contribution in [0.5, 0.6) is 0 Å². The van der Waals surface area contributed by atoms with Crippen LogP contribution < -0.4 is 10.2 Å². The van der Waals surface area contributed by atoms with Gasteiger partial charge in [0.2, 0.25) is 0 Å². The zero-order valence-electron chi connectivity index (χ0n) is 11.0. The van der Waals surface area contributed by atoms with Crippen molar-refractivity contribution in [2.24, 2.45) is 0 Å². The molecule has 0 spiro atoms. The van der Waals surface area contributed by atoms with Gasteiger partial charge in [-0.3, -0.25) is 4.79 Å². The molecule has 7 heteroatoms. The van der Waals surface area contributed by atoms with Crippen molar-refractivity contribution in [3.8, 4) is 0 Å². The molecule has 2 heterocycles. The molecule has 1 atom stereocenters. The Hall–Kier alpha value is -1.63. The summed E-state index contributed by atoms with van der Waals surface area (Å²) in [6, 6.07) is 3.07. The predicted molar refractivity (Wildman–Crippen MR) is 73.1 cm³/mol. The molecule has 104 valence electrons. The Balaban J connectivity index is 2.13. The largest absolute Gasteiger partial charge is 0.362 e. The summed E-state index contributed by atoms with van der Waals surface area (Å²) in [7, 11) is 0.619. The number of amides is 1. The summed E-state index contributed by atoms with van der Waals surface area (Å²) in [5.41, 5.74) is 0.455. The standard InChI is InChI=1S/C12H17N3O3S/c1-15(2)11-10(4-3-6-13-11)12(16)14-9-5-7-19(17,18)8-9/h3-4,6,9H,5,7-8H2,1-2H3,(H,14,16). The highest BCUT2D eigenvalue weighted by atomic mass is 32.2. The quantitative estimate of drug-likeness (QED) is 0.849. The van der Waals surface area contributed by atoms with Gasteiger partial charge in [-0.1, -0.05) is 0 Å². The van der Waals surface area contributed by atoms with E-state index in [0.29, 0.717) is 17.8 Å². The minimum Gasteiger partial charge on any atom is -0.362 e. The lowest BCUT2D eigenvalue weighted by Gasteiger charge is -2.17. The minimum absolute atomic E-state index is 0.0241. The summed E-state index contributed by atoms with van der Waals surface area (Å²) in [4.78, 5) is 18.1. The first kappa shape index (κ1) is 13.8. The lowest BCUT2D eigenvalue weighted by molar-refractivity contribution is 0.0941. The Morgan fingerprint density at radius 2 is 2.21 bits per heavy atom. The molecular formula is C12H17N3O3S. The maximum Gasteiger partial charge on any atom is 0.255 e. The van der Waals surface area contributed by atoms with Gasteiger partial charge < -0.3 is 10.2 Å². The van der Waals surface area contributed by atoms with E-state index in [1.165, 1.54) is 0 Å². The Bertz CT molecular complexity index is 584. The highest BCUT2D eigenvalue weighted by molar-refractivity contribution is 7.91. The minimum atomic E-state index is -2.99. The zero-order chi connectivity index (χ0) is 14.0. The van der Waals surface area contributed by atoms with E-state index >= 15 is 0 Å². The molecule has 1 aromatic heterocycles. The van der Waals surface area contributed by atoms with Crippen molar-refractivity contribution < 1.29 is 13.2 Å². The monoisotopic (exact) mass is 283 g/mol. The summed E-state index contributed by atoms with van der Waals surface area (Å²) in [5, 5.41) is 2.76. The van der Waals surface area contributed by atoms with Crippen LogP contribution in [0.2, 0.25) is 0 Å². The number of nitrogens with zero attached hydrogens (tertiary/aromatic N) is 2. The number of rotatable bonds is 3. The van der Waals surface area contributed by atoms with Crippen LogP contribution in [0.4, 0.5) is 5.82 Å². The summed E-state index contributed by atoms with van der Waals surface area (Å²) in [6.07, 6.45) is 2.10. The maximum absolute atomic E-state index is 12.2. The van der Waals surface area contributed by atoms with Gasteiger partial charge in [0.05, 0.1) is 17.1 Å². The second kappa shape index (κ2) is 5.16. The normalized spacial score (nSPS) is 21.1. The number of hydrogen-bond donors (Lipinski definition) is 1. The number of pyridine rings is 1. The predicted octanol–water partition coefficient (Wildman–Crippen LogP) is 0.0645. The number of anilines is 1. The fourth-order valence-corrected chi connectivity index (χ4v) is 3.78. The Labute approximate surface area is 112 Å². The number of nitrogens with one attached hydrogen (secondary N) is 1. The summed E-state index contributed by atoms with van der Waals surface area (Å²) < 4.78 is 22.7. The molecule has 19 heavy (non-hydrogen) atoms. The van der Waals surface area contributed by atoms with Crippen molar-refractivity contribution in [1.82, 2.24) is 10.3 Å². The number of hydrogen-bond acceptors (Lipinski definition) is 5. The highest BCUT2D eigenvalue weighted by Crippen LogP contribution is 2.16. The SMILES string of the molecule is CN(C)c1ncccc1C(=O)NC1CCS(=O)(=O)C1. The van der Waals surface area contributed by atoms with Crippen LogP contribution in [-0.2, 0) is 9.84 Å². The topological polar surface area (TPSA) is 79.4 Å². The summed E-state index contributed by atoms with van der Waals surface area (Å²) in [6.45, 7) is 0. The van der Waals surface area contributed by atoms with Gasteiger partial charge in [-0.2, -0.15) is 0 Å². The van der Waals surface area contributed by atoms with E-state index < -0.39 is 9.84 Å². The van der Waals surface area contributed by atoms with E-state index in [1.54, 1.807) is 37.3 Å². The van der Waals surface area contributed by atoms with Crippen molar-refractivity contribution in [3.63, 3.8) is 0 Å². The average molecular weight is 283 g/mol. The fourth-order valence-electron chi connectivity index (χ4n) is 2.10. The second-order valence-corrected chi connectivity index (χ2v) is 7.07. The smallest absolute Gasteiger partial charge is 0.255 e. The third kappa shape index (κ3) is 3.23. The van der Waals surface area contributed by atoms with Gasteiger partial charge in [0.15, 0.2) is 9.84 Å². The molecule has 1 aliphatic rings. The number of sulfone groups is 1. The summed E-state index contributed by atoms with van der Waals surface area (Å²) in [5.74, 6) is 0.460. The van der Waals surface area contributed by atoms with E-state index in [4.69, 9.17) is 0 Å². The van der Waals surface area contributed by atoms with E-state index in [2.05, 4.69) is 10.3 Å². The second-order valence-electron chi connectivity index (χ2n) is 4.84. The van der Waals surface area contributed by atoms with Gasteiger partial charge in [0, 0.05) is 26.3 Å². The van der Waals surface area contributed by atoms with E-state index in [9.17, 15) is 13.2 Å². The number of aromatic nitrogens is 1. The zero-order valence-corrected chi connectivity index (χ0v) is 11.8. The van der Waals surface area contributed by atoms with E-state index in [-0.39, 0.29) is 23.5 Å². The molecule has 2 rings (SSSR count). The van der Waals surface area contributed by atoms with Crippen molar-refractivity contribution >= 4 is 21.6 Å². The molecule has 1 aromatic rings. The molecule has 1 saturated heterocycles. The average Bonchev–Trinajstić information content (AvgIpc) is 2.68. The molecule has 0 aliphatic carbocycles.